The van der Waals surface area contributed by atoms with E-state index in [-0.39, 0.29) is 12.1 Å². The minimum atomic E-state index is -0.457. The van der Waals surface area contributed by atoms with E-state index in [9.17, 15) is 9.59 Å². The number of nitrogens with two attached hydrogens (primary N) is 1. The lowest BCUT2D eigenvalue weighted by Gasteiger charge is -2.33. The lowest BCUT2D eigenvalue weighted by atomic mass is 10.3. The molecular weight excluding hydrogens is 248 g/mol. The summed E-state index contributed by atoms with van der Waals surface area (Å²) < 4.78 is 1.09. The second-order valence-electron chi connectivity index (χ2n) is 4.57. The maximum atomic E-state index is 11.8. The summed E-state index contributed by atoms with van der Waals surface area (Å²) in [5, 5.41) is 3.99. The minimum Gasteiger partial charge on any atom is -0.368 e. The van der Waals surface area contributed by atoms with Gasteiger partial charge in [0.1, 0.15) is 6.54 Å². The molecule has 1 aromatic rings. The van der Waals surface area contributed by atoms with Crippen molar-refractivity contribution in [1.29, 1.82) is 0 Å². The van der Waals surface area contributed by atoms with E-state index in [1.165, 1.54) is 6.07 Å². The summed E-state index contributed by atoms with van der Waals surface area (Å²) in [7, 11) is 2.07. The molecule has 0 radical (unpaired) electrons. The quantitative estimate of drug-likeness (QED) is 0.373. The highest BCUT2D eigenvalue weighted by molar-refractivity contribution is 5.74. The average Bonchev–Trinajstić information content (AvgIpc) is 2.41. The highest BCUT2D eigenvalue weighted by Crippen LogP contribution is 2.11. The van der Waals surface area contributed by atoms with Crippen molar-refractivity contribution in [2.75, 3.05) is 38.1 Å². The number of hydrogen-bond donors (Lipinski definition) is 2. The van der Waals surface area contributed by atoms with Gasteiger partial charge in [-0.15, -0.1) is 0 Å². The molecule has 1 fully saturated rings. The van der Waals surface area contributed by atoms with Crippen molar-refractivity contribution in [3.8, 4) is 0 Å². The topological polar surface area (TPSA) is 96.5 Å². The summed E-state index contributed by atoms with van der Waals surface area (Å²) in [5.74, 6) is 4.52. The summed E-state index contributed by atoms with van der Waals surface area (Å²) in [6, 6.07) is 1.50. The van der Waals surface area contributed by atoms with Crippen LogP contribution in [0, 0.1) is 0 Å². The minimum absolute atomic E-state index is 0.168. The van der Waals surface area contributed by atoms with Gasteiger partial charge in [-0.05, 0) is 7.05 Å². The van der Waals surface area contributed by atoms with Crippen molar-refractivity contribution in [2.24, 2.45) is 5.84 Å². The number of piperazine rings is 1. The van der Waals surface area contributed by atoms with Crippen molar-refractivity contribution in [2.45, 2.75) is 6.54 Å². The Morgan fingerprint density at radius 2 is 2.11 bits per heavy atom. The fourth-order valence-corrected chi connectivity index (χ4v) is 1.96. The van der Waals surface area contributed by atoms with Gasteiger partial charge in [0.25, 0.3) is 11.5 Å². The number of carbonyl (C=O) groups excluding carboxylic acids is 1. The molecular formula is C11H18N6O2. The number of hydrazine groups is 1. The van der Waals surface area contributed by atoms with Gasteiger partial charge < -0.3 is 9.80 Å². The van der Waals surface area contributed by atoms with E-state index < -0.39 is 5.91 Å². The van der Waals surface area contributed by atoms with Crippen molar-refractivity contribution >= 4 is 11.6 Å². The molecule has 1 saturated heterocycles. The SMILES string of the molecule is CN1CCN(c2cnn(CC(=O)NN)c(=O)c2)CC1. The Balaban J connectivity index is 2.10. The van der Waals surface area contributed by atoms with Crippen LogP contribution in [0.1, 0.15) is 0 Å². The Kier molecular flexibility index (Phi) is 4.13. The lowest BCUT2D eigenvalue weighted by molar-refractivity contribution is -0.122. The van der Waals surface area contributed by atoms with Crippen molar-refractivity contribution in [1.82, 2.24) is 20.1 Å². The molecule has 0 atom stereocenters. The highest BCUT2D eigenvalue weighted by Gasteiger charge is 2.15. The molecule has 1 aliphatic heterocycles. The second kappa shape index (κ2) is 5.81. The van der Waals surface area contributed by atoms with Crippen molar-refractivity contribution < 1.29 is 4.79 Å². The van der Waals surface area contributed by atoms with Crippen LogP contribution >= 0.6 is 0 Å². The number of amides is 1. The molecule has 0 aromatic carbocycles. The maximum Gasteiger partial charge on any atom is 0.269 e. The van der Waals surface area contributed by atoms with Crippen LogP contribution < -0.4 is 21.7 Å². The highest BCUT2D eigenvalue weighted by atomic mass is 16.2. The fourth-order valence-electron chi connectivity index (χ4n) is 1.96. The van der Waals surface area contributed by atoms with Crippen LogP contribution in [-0.4, -0.2) is 53.8 Å². The van der Waals surface area contributed by atoms with Gasteiger partial charge in [0.2, 0.25) is 0 Å². The smallest absolute Gasteiger partial charge is 0.269 e. The molecule has 2 heterocycles. The van der Waals surface area contributed by atoms with Crippen molar-refractivity contribution in [3.05, 3.63) is 22.6 Å². The van der Waals surface area contributed by atoms with E-state index in [0.29, 0.717) is 0 Å². The number of anilines is 1. The van der Waals surface area contributed by atoms with E-state index in [0.717, 1.165) is 36.5 Å². The summed E-state index contributed by atoms with van der Waals surface area (Å²) in [4.78, 5) is 27.3. The monoisotopic (exact) mass is 266 g/mol. The number of hydrogen-bond acceptors (Lipinski definition) is 6. The van der Waals surface area contributed by atoms with Crippen LogP contribution in [0.4, 0.5) is 5.69 Å². The third-order valence-electron chi connectivity index (χ3n) is 3.18. The Morgan fingerprint density at radius 1 is 1.42 bits per heavy atom. The van der Waals surface area contributed by atoms with Gasteiger partial charge in [-0.25, -0.2) is 10.5 Å². The molecule has 0 unspecified atom stereocenters. The van der Waals surface area contributed by atoms with Crippen LogP contribution in [0.2, 0.25) is 0 Å². The van der Waals surface area contributed by atoms with Gasteiger partial charge in [-0.3, -0.25) is 15.0 Å². The molecule has 1 amide bonds. The molecule has 0 aliphatic carbocycles. The zero-order chi connectivity index (χ0) is 13.8. The van der Waals surface area contributed by atoms with Crippen LogP contribution in [0.5, 0.6) is 0 Å². The number of rotatable bonds is 3. The first-order chi connectivity index (χ1) is 9.10. The van der Waals surface area contributed by atoms with Gasteiger partial charge in [-0.2, -0.15) is 5.10 Å². The number of aromatic nitrogens is 2. The summed E-state index contributed by atoms with van der Waals surface area (Å²) in [6.45, 7) is 3.48. The summed E-state index contributed by atoms with van der Waals surface area (Å²) in [5.41, 5.74) is 2.46. The normalized spacial score (nSPS) is 16.4. The largest absolute Gasteiger partial charge is 0.368 e. The van der Waals surface area contributed by atoms with Crippen LogP contribution in [0.15, 0.2) is 17.1 Å². The van der Waals surface area contributed by atoms with Gasteiger partial charge in [0.05, 0.1) is 11.9 Å². The van der Waals surface area contributed by atoms with E-state index in [4.69, 9.17) is 5.84 Å². The average molecular weight is 266 g/mol. The molecule has 2 rings (SSSR count). The first-order valence-corrected chi connectivity index (χ1v) is 6.10. The molecule has 1 aromatic heterocycles. The molecule has 8 nitrogen and oxygen atoms in total. The fraction of sp³-hybridized carbons (Fsp3) is 0.545. The van der Waals surface area contributed by atoms with Crippen LogP contribution in [-0.2, 0) is 11.3 Å². The van der Waals surface area contributed by atoms with Crippen molar-refractivity contribution in [3.63, 3.8) is 0 Å². The number of likely N-dealkylation sites (N-methyl/N-ethyl adjacent to an activating group) is 1. The predicted octanol–water partition coefficient (Wildman–Crippen LogP) is -2.01. The summed E-state index contributed by atoms with van der Waals surface area (Å²) in [6.07, 6.45) is 1.61. The maximum absolute atomic E-state index is 11.8. The van der Waals surface area contributed by atoms with Gasteiger partial charge in [0.15, 0.2) is 0 Å². The third-order valence-corrected chi connectivity index (χ3v) is 3.18. The zero-order valence-electron chi connectivity index (χ0n) is 10.9. The Hall–Kier alpha value is -1.93. The predicted molar refractivity (Wildman–Crippen MR) is 70.5 cm³/mol. The first kappa shape index (κ1) is 13.5. The Labute approximate surface area is 110 Å². The van der Waals surface area contributed by atoms with Crippen LogP contribution in [0.3, 0.4) is 0 Å². The molecule has 0 spiro atoms. The Bertz CT molecular complexity index is 506. The van der Waals surface area contributed by atoms with Gasteiger partial charge >= 0.3 is 0 Å². The molecule has 1 aliphatic rings. The molecule has 0 saturated carbocycles. The second-order valence-corrected chi connectivity index (χ2v) is 4.57. The zero-order valence-corrected chi connectivity index (χ0v) is 10.9. The number of nitrogens with one attached hydrogen (secondary N) is 1. The standard InChI is InChI=1S/C11H18N6O2/c1-15-2-4-16(5-3-15)9-6-11(19)17(13-7-9)8-10(18)14-12/h6-7H,2-5,8,12H2,1H3,(H,14,18). The summed E-state index contributed by atoms with van der Waals surface area (Å²) >= 11 is 0. The third kappa shape index (κ3) is 3.30. The van der Waals surface area contributed by atoms with E-state index in [1.807, 2.05) is 5.43 Å². The molecule has 3 N–H and O–H groups in total. The first-order valence-electron chi connectivity index (χ1n) is 6.10. The number of carbonyl (C=O) groups is 1. The molecule has 8 heteroatoms. The van der Waals surface area contributed by atoms with E-state index in [2.05, 4.69) is 21.9 Å². The van der Waals surface area contributed by atoms with E-state index in [1.54, 1.807) is 6.20 Å². The number of nitrogens with zero attached hydrogens (tertiary/aromatic N) is 4. The Morgan fingerprint density at radius 3 is 2.68 bits per heavy atom. The van der Waals surface area contributed by atoms with Crippen LogP contribution in [0.25, 0.3) is 0 Å². The van der Waals surface area contributed by atoms with E-state index >= 15 is 0 Å². The van der Waals surface area contributed by atoms with Gasteiger partial charge in [-0.1, -0.05) is 0 Å². The molecule has 104 valence electrons. The molecule has 0 bridgehead atoms. The lowest BCUT2D eigenvalue weighted by Crippen LogP contribution is -2.45. The molecule has 19 heavy (non-hydrogen) atoms. The van der Waals surface area contributed by atoms with Gasteiger partial charge in [0, 0.05) is 32.2 Å².